The zero-order valence-electron chi connectivity index (χ0n) is 18.9. The summed E-state index contributed by atoms with van der Waals surface area (Å²) in [5, 5.41) is 2.73. The molecule has 1 aromatic heterocycles. The average Bonchev–Trinajstić information content (AvgIpc) is 3.10. The molecule has 3 heteroatoms. The largest absolute Gasteiger partial charge is 0.375 e. The van der Waals surface area contributed by atoms with Crippen molar-refractivity contribution in [2.45, 2.75) is 42.9 Å². The number of aromatic nitrogens is 1. The van der Waals surface area contributed by atoms with Crippen LogP contribution in [0.2, 0.25) is 0 Å². The SMILES string of the molecule is Cc1ccc2c(c1)c1cccc3c1n2B1c2ccc(C(C)(C)C)cc2Sc2cccc-3c21. The second-order valence-corrected chi connectivity index (χ2v) is 11.4. The Bertz CT molecular complexity index is 1600. The fourth-order valence-electron chi connectivity index (χ4n) is 5.71. The van der Waals surface area contributed by atoms with E-state index >= 15 is 0 Å². The summed E-state index contributed by atoms with van der Waals surface area (Å²) in [6, 6.07) is 27.8. The first-order valence-electron chi connectivity index (χ1n) is 11.4. The van der Waals surface area contributed by atoms with E-state index in [4.69, 9.17) is 0 Å². The maximum Gasteiger partial charge on any atom is 0.331 e. The average molecular weight is 429 g/mol. The van der Waals surface area contributed by atoms with Crippen LogP contribution in [0.5, 0.6) is 0 Å². The molecular weight excluding hydrogens is 405 g/mol. The van der Waals surface area contributed by atoms with E-state index in [-0.39, 0.29) is 12.3 Å². The van der Waals surface area contributed by atoms with Crippen molar-refractivity contribution < 1.29 is 0 Å². The number of benzene rings is 4. The number of hydrogen-bond donors (Lipinski definition) is 0. The molecule has 0 saturated carbocycles. The highest BCUT2D eigenvalue weighted by molar-refractivity contribution is 8.00. The Kier molecular flexibility index (Phi) is 3.56. The minimum Gasteiger partial charge on any atom is -0.375 e. The summed E-state index contributed by atoms with van der Waals surface area (Å²) < 4.78 is 2.63. The smallest absolute Gasteiger partial charge is 0.331 e. The molecule has 0 amide bonds. The highest BCUT2D eigenvalue weighted by Gasteiger charge is 2.40. The van der Waals surface area contributed by atoms with Crippen molar-refractivity contribution in [1.82, 2.24) is 4.48 Å². The second-order valence-electron chi connectivity index (χ2n) is 10.3. The first-order chi connectivity index (χ1) is 15.4. The van der Waals surface area contributed by atoms with Crippen molar-refractivity contribution in [1.29, 1.82) is 0 Å². The monoisotopic (exact) mass is 429 g/mol. The van der Waals surface area contributed by atoms with Gasteiger partial charge in [0.1, 0.15) is 0 Å². The van der Waals surface area contributed by atoms with E-state index in [2.05, 4.69) is 105 Å². The van der Waals surface area contributed by atoms with Crippen LogP contribution in [-0.2, 0) is 5.41 Å². The molecule has 32 heavy (non-hydrogen) atoms. The van der Waals surface area contributed by atoms with Crippen LogP contribution < -0.4 is 10.9 Å². The predicted molar refractivity (Wildman–Crippen MR) is 139 cm³/mol. The van der Waals surface area contributed by atoms with Crippen LogP contribution in [0.3, 0.4) is 0 Å². The predicted octanol–water partition coefficient (Wildman–Crippen LogP) is 6.50. The van der Waals surface area contributed by atoms with Gasteiger partial charge in [-0.25, -0.2) is 0 Å². The van der Waals surface area contributed by atoms with Gasteiger partial charge in [0, 0.05) is 37.2 Å². The number of aryl methyl sites for hydroxylation is 1. The van der Waals surface area contributed by atoms with Crippen LogP contribution in [0.25, 0.3) is 32.9 Å². The van der Waals surface area contributed by atoms with Crippen LogP contribution in [0.1, 0.15) is 31.9 Å². The third-order valence-corrected chi connectivity index (χ3v) is 8.41. The van der Waals surface area contributed by atoms with Crippen LogP contribution in [0, 0.1) is 6.92 Å². The maximum absolute atomic E-state index is 2.63. The Balaban J connectivity index is 1.65. The normalized spacial score (nSPS) is 14.1. The molecule has 7 rings (SSSR count). The van der Waals surface area contributed by atoms with Crippen molar-refractivity contribution in [3.8, 4) is 11.1 Å². The fourth-order valence-corrected chi connectivity index (χ4v) is 6.91. The van der Waals surface area contributed by atoms with E-state index in [0.29, 0.717) is 0 Å². The summed E-state index contributed by atoms with van der Waals surface area (Å²) in [6.45, 7) is 9.31. The summed E-state index contributed by atoms with van der Waals surface area (Å²) in [5.74, 6) is 0. The molecule has 4 aromatic carbocycles. The molecular formula is C29H24BNS. The molecule has 0 aliphatic carbocycles. The van der Waals surface area contributed by atoms with Crippen LogP contribution >= 0.6 is 11.8 Å². The second kappa shape index (κ2) is 6.11. The zero-order chi connectivity index (χ0) is 21.8. The third kappa shape index (κ3) is 2.32. The Labute approximate surface area is 193 Å². The highest BCUT2D eigenvalue weighted by Crippen LogP contribution is 2.43. The van der Waals surface area contributed by atoms with Crippen molar-refractivity contribution in [3.63, 3.8) is 0 Å². The van der Waals surface area contributed by atoms with Gasteiger partial charge in [-0.1, -0.05) is 86.6 Å². The summed E-state index contributed by atoms with van der Waals surface area (Å²) in [7, 11) is 0. The van der Waals surface area contributed by atoms with E-state index < -0.39 is 0 Å². The van der Waals surface area contributed by atoms with E-state index in [1.54, 1.807) is 0 Å². The van der Waals surface area contributed by atoms with Crippen molar-refractivity contribution in [2.75, 3.05) is 0 Å². The summed E-state index contributed by atoms with van der Waals surface area (Å²) in [5.41, 5.74) is 11.2. The summed E-state index contributed by atoms with van der Waals surface area (Å²) in [4.78, 5) is 2.79. The van der Waals surface area contributed by atoms with Gasteiger partial charge < -0.3 is 4.48 Å². The van der Waals surface area contributed by atoms with Gasteiger partial charge in [0.05, 0.1) is 0 Å². The molecule has 0 radical (unpaired) electrons. The minimum absolute atomic E-state index is 0.141. The van der Waals surface area contributed by atoms with Crippen molar-refractivity contribution in [2.24, 2.45) is 0 Å². The summed E-state index contributed by atoms with van der Waals surface area (Å²) >= 11 is 1.94. The molecule has 0 saturated heterocycles. The Morgan fingerprint density at radius 2 is 1.59 bits per heavy atom. The highest BCUT2D eigenvalue weighted by atomic mass is 32.2. The minimum atomic E-state index is 0.141. The number of hydrogen-bond acceptors (Lipinski definition) is 1. The van der Waals surface area contributed by atoms with Gasteiger partial charge in [-0.3, -0.25) is 0 Å². The molecule has 2 aliphatic rings. The lowest BCUT2D eigenvalue weighted by atomic mass is 9.47. The molecule has 0 unspecified atom stereocenters. The fraction of sp³-hybridized carbons (Fsp3) is 0.172. The molecule has 0 N–H and O–H groups in total. The molecule has 154 valence electrons. The first-order valence-corrected chi connectivity index (χ1v) is 12.2. The van der Waals surface area contributed by atoms with Gasteiger partial charge in [-0.05, 0) is 58.7 Å². The number of fused-ring (bicyclic) bond motifs is 7. The molecule has 1 nitrogen and oxygen atoms in total. The molecule has 2 aliphatic heterocycles. The lowest BCUT2D eigenvalue weighted by Gasteiger charge is -2.34. The Hall–Kier alpha value is -2.91. The zero-order valence-corrected chi connectivity index (χ0v) is 19.7. The molecule has 5 aromatic rings. The topological polar surface area (TPSA) is 4.93 Å². The molecule has 0 spiro atoms. The molecule has 0 bridgehead atoms. The summed E-state index contributed by atoms with van der Waals surface area (Å²) in [6.07, 6.45) is 0. The number of nitrogens with zero attached hydrogens (tertiary/aromatic N) is 1. The third-order valence-electron chi connectivity index (χ3n) is 7.26. The van der Waals surface area contributed by atoms with Crippen molar-refractivity contribution in [3.05, 3.63) is 83.9 Å². The molecule has 0 fully saturated rings. The quantitative estimate of drug-likeness (QED) is 0.249. The Morgan fingerprint density at radius 1 is 0.781 bits per heavy atom. The van der Waals surface area contributed by atoms with Crippen LogP contribution in [-0.4, -0.2) is 11.3 Å². The van der Waals surface area contributed by atoms with E-state index in [1.165, 1.54) is 64.8 Å². The standard InChI is InChI=1S/C29H24BNS/c1-17-11-14-24-22(15-17)21-9-5-8-20-19-7-6-10-25-27(19)30(31(24)28(20)21)23-13-12-18(29(2,3)4)16-26(23)32-25/h5-16H,1-4H3. The van der Waals surface area contributed by atoms with Gasteiger partial charge in [0.25, 0.3) is 0 Å². The van der Waals surface area contributed by atoms with E-state index in [9.17, 15) is 0 Å². The molecule has 0 atom stereocenters. The van der Waals surface area contributed by atoms with E-state index in [1.807, 2.05) is 11.8 Å². The molecule has 3 heterocycles. The number of para-hydroxylation sites is 1. The van der Waals surface area contributed by atoms with Gasteiger partial charge in [-0.15, -0.1) is 0 Å². The van der Waals surface area contributed by atoms with E-state index in [0.717, 1.165) is 0 Å². The van der Waals surface area contributed by atoms with Gasteiger partial charge >= 0.3 is 6.85 Å². The van der Waals surface area contributed by atoms with Gasteiger partial charge in [0.2, 0.25) is 0 Å². The number of rotatable bonds is 0. The first kappa shape index (κ1) is 18.6. The van der Waals surface area contributed by atoms with Crippen LogP contribution in [0.15, 0.2) is 82.6 Å². The Morgan fingerprint density at radius 3 is 2.44 bits per heavy atom. The van der Waals surface area contributed by atoms with Gasteiger partial charge in [-0.2, -0.15) is 0 Å². The lowest BCUT2D eigenvalue weighted by molar-refractivity contribution is 0.589. The van der Waals surface area contributed by atoms with Gasteiger partial charge in [0.15, 0.2) is 0 Å². The lowest BCUT2D eigenvalue weighted by Crippen LogP contribution is -2.54. The maximum atomic E-state index is 2.63. The van der Waals surface area contributed by atoms with Crippen molar-refractivity contribution >= 4 is 51.3 Å². The van der Waals surface area contributed by atoms with Crippen LogP contribution in [0.4, 0.5) is 0 Å².